The van der Waals surface area contributed by atoms with Crippen LogP contribution in [0.5, 0.6) is 0 Å². The molecule has 0 fully saturated rings. The van der Waals surface area contributed by atoms with E-state index in [-0.39, 0.29) is 33.3 Å². The normalized spacial score (nSPS) is 12.8. The number of carbonyl (C=O) groups is 2. The highest BCUT2D eigenvalue weighted by Crippen LogP contribution is 2.29. The van der Waals surface area contributed by atoms with Gasteiger partial charge in [-0.05, 0) is 55.5 Å². The molecule has 0 aliphatic rings. The Hall–Kier alpha value is -4.10. The molecule has 1 amide bonds. The Morgan fingerprint density at radius 3 is 2.33 bits per heavy atom. The third kappa shape index (κ3) is 5.75. The molecule has 13 heteroatoms. The Balaban J connectivity index is 1.59. The van der Waals surface area contributed by atoms with Crippen LogP contribution in [0.2, 0.25) is 0 Å². The zero-order valence-corrected chi connectivity index (χ0v) is 22.3. The Kier molecular flexibility index (Phi) is 8.08. The van der Waals surface area contributed by atoms with Gasteiger partial charge in [0.05, 0.1) is 40.2 Å². The molecule has 0 saturated carbocycles. The number of sulfone groups is 1. The lowest BCUT2D eigenvalue weighted by Crippen LogP contribution is -2.31. The Morgan fingerprint density at radius 1 is 1.02 bits per heavy atom. The second-order valence-corrected chi connectivity index (χ2v) is 11.1. The van der Waals surface area contributed by atoms with Gasteiger partial charge in [0.1, 0.15) is 5.69 Å². The number of benzene rings is 1. The van der Waals surface area contributed by atoms with Crippen molar-refractivity contribution in [2.75, 3.05) is 12.4 Å². The minimum atomic E-state index is -4.58. The minimum absolute atomic E-state index is 0.0319. The van der Waals surface area contributed by atoms with Gasteiger partial charge in [-0.1, -0.05) is 6.92 Å². The number of aliphatic hydroxyl groups is 1. The van der Waals surface area contributed by atoms with Gasteiger partial charge in [-0.2, -0.15) is 13.2 Å². The van der Waals surface area contributed by atoms with E-state index in [1.165, 1.54) is 37.4 Å². The number of nitrogens with zero attached hydrogens (tertiary/aromatic N) is 3. The number of hydrogen-bond acceptors (Lipinski definition) is 7. The fraction of sp³-hybridized carbons (Fsp3) is 0.259. The van der Waals surface area contributed by atoms with Crippen LogP contribution in [0, 0.1) is 0 Å². The average molecular weight is 575 g/mol. The molecule has 210 valence electrons. The zero-order chi connectivity index (χ0) is 29.2. The lowest BCUT2D eigenvalue weighted by Gasteiger charge is -2.16. The van der Waals surface area contributed by atoms with E-state index in [0.717, 1.165) is 12.1 Å². The number of halogens is 3. The number of nitrogens with one attached hydrogen (secondary N) is 1. The summed E-state index contributed by atoms with van der Waals surface area (Å²) < 4.78 is 64.3. The Labute approximate surface area is 227 Å². The van der Waals surface area contributed by atoms with Crippen molar-refractivity contribution in [1.29, 1.82) is 0 Å². The number of rotatable bonds is 9. The standard InChI is InChI=1S/C27H25F3N4O5S/c1-3-34-23-10-5-16(26(37)33-22(15-35)20-9-7-19(14-32-20)40(38,39)4-2)11-17(23)12-24(34)25(36)21-8-6-18(13-31-21)27(28,29)30/h5-14,22,35H,3-4,15H2,1-2H3,(H,33,37)/t22-/m0/s1. The SMILES string of the molecule is CCn1c(C(=O)c2ccc(C(F)(F)F)cn2)cc2cc(C(=O)N[C@@H](CO)c3ccc(S(=O)(=O)CC)cn3)ccc21. The largest absolute Gasteiger partial charge is 0.417 e. The summed E-state index contributed by atoms with van der Waals surface area (Å²) >= 11 is 0. The van der Waals surface area contributed by atoms with E-state index in [2.05, 4.69) is 15.3 Å². The molecule has 0 radical (unpaired) electrons. The van der Waals surface area contributed by atoms with Crippen LogP contribution in [0.3, 0.4) is 0 Å². The second kappa shape index (κ2) is 11.2. The van der Waals surface area contributed by atoms with Crippen LogP contribution in [-0.4, -0.2) is 52.1 Å². The number of alkyl halides is 3. The van der Waals surface area contributed by atoms with Crippen molar-refractivity contribution in [3.05, 3.63) is 89.1 Å². The molecule has 0 spiro atoms. The van der Waals surface area contributed by atoms with Crippen molar-refractivity contribution < 1.29 is 36.3 Å². The van der Waals surface area contributed by atoms with Crippen LogP contribution >= 0.6 is 0 Å². The summed E-state index contributed by atoms with van der Waals surface area (Å²) in [4.78, 5) is 33.9. The van der Waals surface area contributed by atoms with Gasteiger partial charge in [-0.25, -0.2) is 8.42 Å². The average Bonchev–Trinajstić information content (AvgIpc) is 3.33. The highest BCUT2D eigenvalue weighted by molar-refractivity contribution is 7.91. The van der Waals surface area contributed by atoms with Gasteiger partial charge >= 0.3 is 6.18 Å². The van der Waals surface area contributed by atoms with Gasteiger partial charge in [-0.3, -0.25) is 19.6 Å². The van der Waals surface area contributed by atoms with Crippen molar-refractivity contribution in [3.8, 4) is 0 Å². The molecule has 1 atom stereocenters. The van der Waals surface area contributed by atoms with Crippen molar-refractivity contribution in [2.24, 2.45) is 0 Å². The molecular weight excluding hydrogens is 549 g/mol. The number of pyridine rings is 2. The van der Waals surface area contributed by atoms with Gasteiger partial charge in [0.2, 0.25) is 5.78 Å². The molecule has 9 nitrogen and oxygen atoms in total. The minimum Gasteiger partial charge on any atom is -0.394 e. The molecule has 0 unspecified atom stereocenters. The monoisotopic (exact) mass is 574 g/mol. The molecule has 40 heavy (non-hydrogen) atoms. The first-order valence-electron chi connectivity index (χ1n) is 12.2. The molecule has 4 rings (SSSR count). The van der Waals surface area contributed by atoms with Crippen molar-refractivity contribution in [3.63, 3.8) is 0 Å². The summed E-state index contributed by atoms with van der Waals surface area (Å²) in [6.45, 7) is 3.19. The van der Waals surface area contributed by atoms with Crippen LogP contribution in [0.15, 0.2) is 65.8 Å². The number of ketones is 1. The summed E-state index contributed by atoms with van der Waals surface area (Å²) in [6, 6.07) is 9.95. The summed E-state index contributed by atoms with van der Waals surface area (Å²) in [5.74, 6) is -1.21. The van der Waals surface area contributed by atoms with E-state index in [0.29, 0.717) is 23.6 Å². The van der Waals surface area contributed by atoms with Gasteiger partial charge < -0.3 is 15.0 Å². The van der Waals surface area contributed by atoms with Crippen LogP contribution < -0.4 is 5.32 Å². The van der Waals surface area contributed by atoms with Crippen LogP contribution in [0.25, 0.3) is 10.9 Å². The molecule has 3 heterocycles. The number of hydrogen-bond donors (Lipinski definition) is 2. The van der Waals surface area contributed by atoms with Crippen molar-refractivity contribution >= 4 is 32.4 Å². The molecular formula is C27H25F3N4O5S. The molecule has 0 bridgehead atoms. The first-order chi connectivity index (χ1) is 18.9. The third-order valence-electron chi connectivity index (χ3n) is 6.38. The lowest BCUT2D eigenvalue weighted by molar-refractivity contribution is -0.137. The fourth-order valence-electron chi connectivity index (χ4n) is 4.17. The lowest BCUT2D eigenvalue weighted by atomic mass is 10.1. The van der Waals surface area contributed by atoms with E-state index in [1.807, 2.05) is 0 Å². The Bertz CT molecular complexity index is 1670. The summed E-state index contributed by atoms with van der Waals surface area (Å²) in [5, 5.41) is 13.0. The van der Waals surface area contributed by atoms with Crippen molar-refractivity contribution in [1.82, 2.24) is 19.9 Å². The van der Waals surface area contributed by atoms with Crippen LogP contribution in [0.1, 0.15) is 57.7 Å². The van der Waals surface area contributed by atoms with Gasteiger partial charge in [-0.15, -0.1) is 0 Å². The summed E-state index contributed by atoms with van der Waals surface area (Å²) in [7, 11) is -3.46. The van der Waals surface area contributed by atoms with Gasteiger partial charge in [0.25, 0.3) is 5.91 Å². The number of carbonyl (C=O) groups excluding carboxylic acids is 2. The maximum absolute atomic E-state index is 13.1. The molecule has 2 N–H and O–H groups in total. The highest BCUT2D eigenvalue weighted by atomic mass is 32.2. The molecule has 0 saturated heterocycles. The van der Waals surface area contributed by atoms with Crippen molar-refractivity contribution in [2.45, 2.75) is 37.5 Å². The quantitative estimate of drug-likeness (QED) is 0.289. The third-order valence-corrected chi connectivity index (χ3v) is 8.10. The number of fused-ring (bicyclic) bond motifs is 1. The maximum Gasteiger partial charge on any atom is 0.417 e. The second-order valence-electron chi connectivity index (χ2n) is 8.84. The Morgan fingerprint density at radius 2 is 1.77 bits per heavy atom. The summed E-state index contributed by atoms with van der Waals surface area (Å²) in [6.07, 6.45) is -2.79. The van der Waals surface area contributed by atoms with Gasteiger partial charge in [0.15, 0.2) is 9.84 Å². The highest BCUT2D eigenvalue weighted by Gasteiger charge is 2.31. The predicted octanol–water partition coefficient (Wildman–Crippen LogP) is 3.96. The molecule has 0 aliphatic heterocycles. The first-order valence-corrected chi connectivity index (χ1v) is 13.9. The van der Waals surface area contributed by atoms with E-state index >= 15 is 0 Å². The summed E-state index contributed by atoms with van der Waals surface area (Å²) in [5.41, 5.74) is 0.190. The molecule has 1 aromatic carbocycles. The van der Waals surface area contributed by atoms with Crippen LogP contribution in [-0.2, 0) is 22.6 Å². The first kappa shape index (κ1) is 28.9. The zero-order valence-electron chi connectivity index (χ0n) is 21.4. The van der Waals surface area contributed by atoms with E-state index in [4.69, 9.17) is 0 Å². The van der Waals surface area contributed by atoms with E-state index in [1.54, 1.807) is 23.6 Å². The smallest absolute Gasteiger partial charge is 0.394 e. The van der Waals surface area contributed by atoms with E-state index < -0.39 is 45.9 Å². The topological polar surface area (TPSA) is 131 Å². The van der Waals surface area contributed by atoms with Gasteiger partial charge in [0, 0.05) is 35.4 Å². The predicted molar refractivity (Wildman–Crippen MR) is 140 cm³/mol. The van der Waals surface area contributed by atoms with E-state index in [9.17, 15) is 36.3 Å². The number of amides is 1. The number of aliphatic hydroxyl groups excluding tert-OH is 1. The fourth-order valence-corrected chi connectivity index (χ4v) is 4.99. The van der Waals surface area contributed by atoms with Crippen LogP contribution in [0.4, 0.5) is 13.2 Å². The maximum atomic E-state index is 13.1. The number of aryl methyl sites for hydroxylation is 1. The molecule has 3 aromatic heterocycles. The molecule has 4 aromatic rings. The molecule has 0 aliphatic carbocycles. The number of aromatic nitrogens is 3.